The highest BCUT2D eigenvalue weighted by atomic mass is 16.3. The second-order valence-corrected chi connectivity index (χ2v) is 6.07. The molecule has 2 aliphatic carbocycles. The lowest BCUT2D eigenvalue weighted by Crippen LogP contribution is -2.39. The first kappa shape index (κ1) is 10.2. The predicted octanol–water partition coefficient (Wildman–Crippen LogP) is 3.28. The van der Waals surface area contributed by atoms with Gasteiger partial charge in [0.25, 0.3) is 0 Å². The van der Waals surface area contributed by atoms with Gasteiger partial charge < -0.3 is 5.11 Å². The van der Waals surface area contributed by atoms with Gasteiger partial charge in [0, 0.05) is 0 Å². The van der Waals surface area contributed by atoms with Gasteiger partial charge in [0.05, 0.1) is 5.60 Å². The summed E-state index contributed by atoms with van der Waals surface area (Å²) >= 11 is 0. The Hall–Kier alpha value is -0.300. The zero-order valence-electron chi connectivity index (χ0n) is 9.64. The van der Waals surface area contributed by atoms with Gasteiger partial charge >= 0.3 is 0 Å². The molecular formula is C13H22O. The van der Waals surface area contributed by atoms with E-state index < -0.39 is 5.60 Å². The molecule has 1 N–H and O–H groups in total. The summed E-state index contributed by atoms with van der Waals surface area (Å²) in [5, 5.41) is 10.0. The summed E-state index contributed by atoms with van der Waals surface area (Å²) in [6.45, 7) is 6.74. The van der Waals surface area contributed by atoms with Crippen LogP contribution in [-0.4, -0.2) is 10.7 Å². The minimum atomic E-state index is -0.435. The maximum atomic E-state index is 10.0. The topological polar surface area (TPSA) is 20.2 Å². The molecule has 0 heterocycles. The van der Waals surface area contributed by atoms with Crippen LogP contribution in [0.5, 0.6) is 0 Å². The number of aliphatic hydroxyl groups is 1. The molecule has 14 heavy (non-hydrogen) atoms. The van der Waals surface area contributed by atoms with Crippen molar-refractivity contribution >= 4 is 0 Å². The Kier molecular flexibility index (Phi) is 2.26. The highest BCUT2D eigenvalue weighted by molar-refractivity contribution is 5.19. The quantitative estimate of drug-likeness (QED) is 0.587. The zero-order valence-corrected chi connectivity index (χ0v) is 9.64. The van der Waals surface area contributed by atoms with E-state index in [-0.39, 0.29) is 0 Å². The molecule has 0 aliphatic heterocycles. The maximum absolute atomic E-state index is 10.0. The lowest BCUT2D eigenvalue weighted by Gasteiger charge is -2.46. The lowest BCUT2D eigenvalue weighted by atomic mass is 9.61. The molecule has 80 valence electrons. The van der Waals surface area contributed by atoms with Gasteiger partial charge in [0.2, 0.25) is 0 Å². The van der Waals surface area contributed by atoms with Crippen LogP contribution in [0.1, 0.15) is 52.9 Å². The van der Waals surface area contributed by atoms with Gasteiger partial charge in [0.1, 0.15) is 0 Å². The molecule has 0 aromatic carbocycles. The van der Waals surface area contributed by atoms with Crippen LogP contribution in [-0.2, 0) is 0 Å². The van der Waals surface area contributed by atoms with Crippen molar-refractivity contribution in [2.75, 3.05) is 0 Å². The Morgan fingerprint density at radius 1 is 1.29 bits per heavy atom. The molecule has 1 saturated carbocycles. The Morgan fingerprint density at radius 3 is 2.71 bits per heavy atom. The Bertz CT molecular complexity index is 260. The summed E-state index contributed by atoms with van der Waals surface area (Å²) in [7, 11) is 0. The maximum Gasteiger partial charge on any atom is 0.0657 e. The van der Waals surface area contributed by atoms with E-state index in [9.17, 15) is 5.11 Å². The molecule has 0 bridgehead atoms. The summed E-state index contributed by atoms with van der Waals surface area (Å²) in [4.78, 5) is 0. The molecule has 1 fully saturated rings. The van der Waals surface area contributed by atoms with Crippen molar-refractivity contribution in [3.63, 3.8) is 0 Å². The highest BCUT2D eigenvalue weighted by Gasteiger charge is 2.41. The first-order valence-electron chi connectivity index (χ1n) is 5.82. The fourth-order valence-electron chi connectivity index (χ4n) is 3.20. The van der Waals surface area contributed by atoms with Gasteiger partial charge in [-0.05, 0) is 50.4 Å². The Balaban J connectivity index is 2.22. The molecule has 0 aromatic heterocycles. The van der Waals surface area contributed by atoms with E-state index in [4.69, 9.17) is 0 Å². The van der Waals surface area contributed by atoms with E-state index in [0.717, 1.165) is 18.8 Å². The van der Waals surface area contributed by atoms with Crippen LogP contribution in [0.2, 0.25) is 0 Å². The SMILES string of the molecule is CC1(C)CCC=C2C[C@](C)(O)CCC21. The van der Waals surface area contributed by atoms with E-state index in [1.807, 2.05) is 6.92 Å². The van der Waals surface area contributed by atoms with Crippen LogP contribution in [0, 0.1) is 11.3 Å². The molecule has 0 radical (unpaired) electrons. The molecule has 2 rings (SSSR count). The minimum absolute atomic E-state index is 0.435. The van der Waals surface area contributed by atoms with E-state index in [1.165, 1.54) is 24.8 Å². The molecule has 1 unspecified atom stereocenters. The monoisotopic (exact) mass is 194 g/mol. The van der Waals surface area contributed by atoms with Gasteiger partial charge in [-0.1, -0.05) is 25.5 Å². The number of hydrogen-bond donors (Lipinski definition) is 1. The summed E-state index contributed by atoms with van der Waals surface area (Å²) in [6.07, 6.45) is 7.94. The fourth-order valence-corrected chi connectivity index (χ4v) is 3.20. The fraction of sp³-hybridized carbons (Fsp3) is 0.846. The van der Waals surface area contributed by atoms with Crippen molar-refractivity contribution in [1.29, 1.82) is 0 Å². The zero-order chi connectivity index (χ0) is 10.4. The third kappa shape index (κ3) is 1.75. The van der Waals surface area contributed by atoms with Crippen LogP contribution in [0.4, 0.5) is 0 Å². The molecule has 0 amide bonds. The molecule has 1 heteroatoms. The summed E-state index contributed by atoms with van der Waals surface area (Å²) in [5.41, 5.74) is 1.55. The van der Waals surface area contributed by atoms with Gasteiger partial charge in [-0.25, -0.2) is 0 Å². The first-order valence-corrected chi connectivity index (χ1v) is 5.82. The van der Waals surface area contributed by atoms with E-state index in [1.54, 1.807) is 0 Å². The number of rotatable bonds is 0. The summed E-state index contributed by atoms with van der Waals surface area (Å²) in [5.74, 6) is 0.733. The van der Waals surface area contributed by atoms with Crippen LogP contribution in [0.25, 0.3) is 0 Å². The van der Waals surface area contributed by atoms with Gasteiger partial charge in [-0.3, -0.25) is 0 Å². The second-order valence-electron chi connectivity index (χ2n) is 6.07. The average molecular weight is 194 g/mol. The minimum Gasteiger partial charge on any atom is -0.390 e. The Labute approximate surface area is 87.2 Å². The van der Waals surface area contributed by atoms with Crippen LogP contribution < -0.4 is 0 Å². The van der Waals surface area contributed by atoms with Crippen molar-refractivity contribution < 1.29 is 5.11 Å². The summed E-state index contributed by atoms with van der Waals surface area (Å²) in [6, 6.07) is 0. The Morgan fingerprint density at radius 2 is 2.00 bits per heavy atom. The third-order valence-electron chi connectivity index (χ3n) is 4.14. The normalized spacial score (nSPS) is 41.4. The standard InChI is InChI=1S/C13H22O/c1-12(2)7-4-5-10-9-13(3,14)8-6-11(10)12/h5,11,14H,4,6-9H2,1-3H3/t11?,13-/m1/s1. The second kappa shape index (κ2) is 3.10. The van der Waals surface area contributed by atoms with Crippen LogP contribution >= 0.6 is 0 Å². The van der Waals surface area contributed by atoms with Gasteiger partial charge in [0.15, 0.2) is 0 Å². The molecule has 0 aromatic rings. The van der Waals surface area contributed by atoms with Crippen molar-refractivity contribution in [3.05, 3.63) is 11.6 Å². The molecular weight excluding hydrogens is 172 g/mol. The smallest absolute Gasteiger partial charge is 0.0657 e. The highest BCUT2D eigenvalue weighted by Crippen LogP contribution is 2.49. The average Bonchev–Trinajstić information content (AvgIpc) is 2.00. The largest absolute Gasteiger partial charge is 0.390 e. The van der Waals surface area contributed by atoms with Crippen molar-refractivity contribution in [2.24, 2.45) is 11.3 Å². The van der Waals surface area contributed by atoms with Crippen molar-refractivity contribution in [2.45, 2.75) is 58.5 Å². The van der Waals surface area contributed by atoms with E-state index in [0.29, 0.717) is 5.41 Å². The van der Waals surface area contributed by atoms with E-state index >= 15 is 0 Å². The molecule has 0 spiro atoms. The number of allylic oxidation sites excluding steroid dienone is 1. The van der Waals surface area contributed by atoms with Crippen LogP contribution in [0.15, 0.2) is 11.6 Å². The molecule has 0 saturated heterocycles. The van der Waals surface area contributed by atoms with Gasteiger partial charge in [-0.15, -0.1) is 0 Å². The third-order valence-corrected chi connectivity index (χ3v) is 4.14. The molecule has 1 nitrogen and oxygen atoms in total. The first-order chi connectivity index (χ1) is 6.41. The van der Waals surface area contributed by atoms with Crippen molar-refractivity contribution in [3.8, 4) is 0 Å². The molecule has 2 atom stereocenters. The lowest BCUT2D eigenvalue weighted by molar-refractivity contribution is 0.0106. The summed E-state index contributed by atoms with van der Waals surface area (Å²) < 4.78 is 0. The number of fused-ring (bicyclic) bond motifs is 1. The van der Waals surface area contributed by atoms with Crippen LogP contribution in [0.3, 0.4) is 0 Å². The number of hydrogen-bond acceptors (Lipinski definition) is 1. The van der Waals surface area contributed by atoms with Gasteiger partial charge in [-0.2, -0.15) is 0 Å². The van der Waals surface area contributed by atoms with E-state index in [2.05, 4.69) is 19.9 Å². The van der Waals surface area contributed by atoms with Crippen molar-refractivity contribution in [1.82, 2.24) is 0 Å². The molecule has 2 aliphatic rings. The predicted molar refractivity (Wildman–Crippen MR) is 59.1 cm³/mol.